The first-order valence-electron chi connectivity index (χ1n) is 10.5. The molecule has 2 heterocycles. The van der Waals surface area contributed by atoms with E-state index in [0.29, 0.717) is 40.3 Å². The highest BCUT2D eigenvalue weighted by molar-refractivity contribution is 5.94. The Kier molecular flexibility index (Phi) is 6.36. The third-order valence-electron chi connectivity index (χ3n) is 5.55. The molecule has 1 aromatic heterocycles. The van der Waals surface area contributed by atoms with Gasteiger partial charge in [-0.3, -0.25) is 0 Å². The number of likely N-dealkylation sites (tertiary alicyclic amines) is 1. The molecule has 0 spiro atoms. The van der Waals surface area contributed by atoms with E-state index in [9.17, 15) is 9.50 Å². The molecule has 1 aliphatic rings. The third-order valence-corrected chi connectivity index (χ3v) is 5.55. The number of aryl methyl sites for hydroxylation is 1. The normalized spacial score (nSPS) is 14.2. The predicted octanol–water partition coefficient (Wildman–Crippen LogP) is 4.40. The van der Waals surface area contributed by atoms with Crippen LogP contribution in [0.25, 0.3) is 10.9 Å². The summed E-state index contributed by atoms with van der Waals surface area (Å²) in [4.78, 5) is 2.45. The quantitative estimate of drug-likeness (QED) is 0.517. The molecule has 0 aliphatic carbocycles. The summed E-state index contributed by atoms with van der Waals surface area (Å²) in [6, 6.07) is 6.22. The second-order valence-corrected chi connectivity index (χ2v) is 7.77. The van der Waals surface area contributed by atoms with Gasteiger partial charge in [0.2, 0.25) is 0 Å². The maximum atomic E-state index is 14.4. The molecule has 0 bridgehead atoms. The van der Waals surface area contributed by atoms with Crippen LogP contribution in [0.1, 0.15) is 24.8 Å². The van der Waals surface area contributed by atoms with Crippen molar-refractivity contribution in [3.63, 3.8) is 0 Å². The summed E-state index contributed by atoms with van der Waals surface area (Å²) in [5.41, 5.74) is 1.76. The van der Waals surface area contributed by atoms with E-state index in [1.165, 1.54) is 44.3 Å². The number of fused-ring (bicyclic) bond motifs is 1. The van der Waals surface area contributed by atoms with E-state index in [1.807, 2.05) is 0 Å². The third kappa shape index (κ3) is 4.80. The van der Waals surface area contributed by atoms with Gasteiger partial charge in [0.1, 0.15) is 11.6 Å². The molecule has 0 unspecified atom stereocenters. The van der Waals surface area contributed by atoms with Crippen molar-refractivity contribution in [2.24, 2.45) is 0 Å². The molecule has 0 atom stereocenters. The minimum Gasteiger partial charge on any atom is -0.508 e. The zero-order chi connectivity index (χ0) is 21.8. The smallest absolute Gasteiger partial charge is 0.163 e. The minimum absolute atomic E-state index is 0.0115. The molecular formula is C23H27FN4O3. The van der Waals surface area contributed by atoms with Gasteiger partial charge in [-0.05, 0) is 57.0 Å². The average molecular weight is 426 g/mol. The minimum atomic E-state index is -0.467. The van der Waals surface area contributed by atoms with E-state index in [0.717, 1.165) is 13.0 Å². The van der Waals surface area contributed by atoms with Gasteiger partial charge in [-0.2, -0.15) is 10.2 Å². The maximum absolute atomic E-state index is 14.4. The molecule has 164 valence electrons. The number of methoxy groups -OCH3 is 1. The molecule has 1 saturated heterocycles. The van der Waals surface area contributed by atoms with Gasteiger partial charge in [0.15, 0.2) is 11.5 Å². The number of benzene rings is 2. The van der Waals surface area contributed by atoms with Gasteiger partial charge in [0.25, 0.3) is 0 Å². The largest absolute Gasteiger partial charge is 0.508 e. The Morgan fingerprint density at radius 3 is 2.71 bits per heavy atom. The highest BCUT2D eigenvalue weighted by Crippen LogP contribution is 2.36. The molecule has 1 fully saturated rings. The molecule has 31 heavy (non-hydrogen) atoms. The number of anilines is 2. The van der Waals surface area contributed by atoms with Gasteiger partial charge < -0.3 is 24.8 Å². The van der Waals surface area contributed by atoms with Crippen LogP contribution in [0.15, 0.2) is 30.5 Å². The summed E-state index contributed by atoms with van der Waals surface area (Å²) in [5.74, 6) is 0.710. The molecule has 3 aromatic rings. The van der Waals surface area contributed by atoms with E-state index in [2.05, 4.69) is 20.4 Å². The summed E-state index contributed by atoms with van der Waals surface area (Å²) in [6.45, 7) is 5.59. The van der Waals surface area contributed by atoms with Crippen molar-refractivity contribution >= 4 is 22.3 Å². The number of aromatic nitrogens is 2. The van der Waals surface area contributed by atoms with Crippen LogP contribution in [0.2, 0.25) is 0 Å². The summed E-state index contributed by atoms with van der Waals surface area (Å²) in [6.07, 6.45) is 5.00. The Labute approximate surface area is 180 Å². The molecule has 2 N–H and O–H groups in total. The fourth-order valence-corrected chi connectivity index (χ4v) is 3.82. The zero-order valence-electron chi connectivity index (χ0n) is 17.8. The van der Waals surface area contributed by atoms with Crippen molar-refractivity contribution in [3.05, 3.63) is 41.8 Å². The first-order chi connectivity index (χ1) is 15.0. The fourth-order valence-electron chi connectivity index (χ4n) is 3.82. The van der Waals surface area contributed by atoms with Crippen LogP contribution in [0, 0.1) is 12.7 Å². The van der Waals surface area contributed by atoms with Crippen molar-refractivity contribution in [1.82, 2.24) is 15.1 Å². The fraction of sp³-hybridized carbons (Fsp3) is 0.391. The second-order valence-electron chi connectivity index (χ2n) is 7.77. The SMILES string of the molecule is COc1cc2c(Nc3cc(O)c(C)cc3F)cnnc2cc1OCCCN1CCCC1. The van der Waals surface area contributed by atoms with Crippen LogP contribution in [0.3, 0.4) is 0 Å². The Morgan fingerprint density at radius 2 is 1.94 bits per heavy atom. The van der Waals surface area contributed by atoms with Crippen molar-refractivity contribution < 1.29 is 19.0 Å². The van der Waals surface area contributed by atoms with Gasteiger partial charge in [-0.25, -0.2) is 4.39 Å². The molecule has 8 heteroatoms. The number of rotatable bonds is 8. The molecular weight excluding hydrogens is 399 g/mol. The van der Waals surface area contributed by atoms with Crippen LogP contribution >= 0.6 is 0 Å². The monoisotopic (exact) mass is 426 g/mol. The number of phenols is 1. The first-order valence-corrected chi connectivity index (χ1v) is 10.5. The molecule has 2 aromatic carbocycles. The van der Waals surface area contributed by atoms with Gasteiger partial charge in [0.05, 0.1) is 36.8 Å². The summed E-state index contributed by atoms with van der Waals surface area (Å²) in [7, 11) is 1.58. The first kappa shape index (κ1) is 21.1. The Balaban J connectivity index is 1.54. The number of halogens is 1. The van der Waals surface area contributed by atoms with Crippen molar-refractivity contribution in [1.29, 1.82) is 0 Å². The predicted molar refractivity (Wildman–Crippen MR) is 118 cm³/mol. The number of nitrogens with one attached hydrogen (secondary N) is 1. The number of aromatic hydroxyl groups is 1. The second kappa shape index (κ2) is 9.34. The number of hydrogen-bond donors (Lipinski definition) is 2. The number of hydrogen-bond acceptors (Lipinski definition) is 7. The number of phenolic OH excluding ortho intramolecular Hbond substituents is 1. The lowest BCUT2D eigenvalue weighted by molar-refractivity contribution is 0.254. The van der Waals surface area contributed by atoms with E-state index in [4.69, 9.17) is 9.47 Å². The number of ether oxygens (including phenoxy) is 2. The van der Waals surface area contributed by atoms with Gasteiger partial charge in [-0.15, -0.1) is 0 Å². The number of nitrogens with zero attached hydrogens (tertiary/aromatic N) is 3. The molecule has 0 saturated carbocycles. The van der Waals surface area contributed by atoms with Gasteiger partial charge in [0, 0.05) is 24.1 Å². The van der Waals surface area contributed by atoms with Crippen LogP contribution in [-0.4, -0.2) is 53.6 Å². The maximum Gasteiger partial charge on any atom is 0.163 e. The van der Waals surface area contributed by atoms with Crippen molar-refractivity contribution in [2.45, 2.75) is 26.2 Å². The highest BCUT2D eigenvalue weighted by Gasteiger charge is 2.15. The molecule has 0 radical (unpaired) electrons. The van der Waals surface area contributed by atoms with Crippen molar-refractivity contribution in [3.8, 4) is 17.2 Å². The molecule has 1 aliphatic heterocycles. The highest BCUT2D eigenvalue weighted by atomic mass is 19.1. The van der Waals surface area contributed by atoms with Gasteiger partial charge in [-0.1, -0.05) is 0 Å². The summed E-state index contributed by atoms with van der Waals surface area (Å²) < 4.78 is 25.8. The van der Waals surface area contributed by atoms with Crippen LogP contribution in [-0.2, 0) is 0 Å². The Hall–Kier alpha value is -3.13. The average Bonchev–Trinajstić information content (AvgIpc) is 3.28. The van der Waals surface area contributed by atoms with E-state index in [1.54, 1.807) is 26.2 Å². The standard InChI is InChI=1S/C23H27FN4O3/c1-15-10-17(24)19(12-21(15)29)26-20-14-25-27-18-13-23(22(30-2)11-16(18)20)31-9-5-8-28-6-3-4-7-28/h10-14,29H,3-9H2,1-2H3,(H,26,27). The molecule has 4 rings (SSSR count). The summed E-state index contributed by atoms with van der Waals surface area (Å²) in [5, 5.41) is 21.8. The van der Waals surface area contributed by atoms with Crippen LogP contribution < -0.4 is 14.8 Å². The lowest BCUT2D eigenvalue weighted by atomic mass is 10.1. The zero-order valence-corrected chi connectivity index (χ0v) is 17.8. The lowest BCUT2D eigenvalue weighted by Gasteiger charge is -2.16. The molecule has 0 amide bonds. The van der Waals surface area contributed by atoms with Crippen LogP contribution in [0.4, 0.5) is 15.8 Å². The van der Waals surface area contributed by atoms with Crippen molar-refractivity contribution in [2.75, 3.05) is 38.7 Å². The summed E-state index contributed by atoms with van der Waals surface area (Å²) >= 11 is 0. The van der Waals surface area contributed by atoms with Crippen LogP contribution in [0.5, 0.6) is 17.2 Å². The Bertz CT molecular complexity index is 1070. The lowest BCUT2D eigenvalue weighted by Crippen LogP contribution is -2.21. The van der Waals surface area contributed by atoms with E-state index in [-0.39, 0.29) is 11.4 Å². The Morgan fingerprint density at radius 1 is 1.13 bits per heavy atom. The van der Waals surface area contributed by atoms with E-state index < -0.39 is 5.82 Å². The van der Waals surface area contributed by atoms with Gasteiger partial charge >= 0.3 is 0 Å². The molecule has 7 nitrogen and oxygen atoms in total. The van der Waals surface area contributed by atoms with E-state index >= 15 is 0 Å². The topological polar surface area (TPSA) is 79.7 Å².